The van der Waals surface area contributed by atoms with Crippen LogP contribution in [0.15, 0.2) is 47.4 Å². The minimum atomic E-state index is -0.155. The number of nitrogens with zero attached hydrogens (tertiary/aromatic N) is 2. The number of methoxy groups -OCH3 is 1. The molecule has 1 fully saturated rings. The smallest absolute Gasteiger partial charge is 0.244 e. The van der Waals surface area contributed by atoms with Gasteiger partial charge in [-0.25, -0.2) is 0 Å². The van der Waals surface area contributed by atoms with E-state index in [1.165, 1.54) is 7.11 Å². The number of benzene rings is 1. The molecule has 3 rings (SSSR count). The predicted octanol–water partition coefficient (Wildman–Crippen LogP) is 2.73. The quantitative estimate of drug-likeness (QED) is 0.850. The molecule has 0 radical (unpaired) electrons. The third-order valence-corrected chi connectivity index (χ3v) is 5.04. The number of rotatable bonds is 6. The van der Waals surface area contributed by atoms with Gasteiger partial charge in [0.05, 0.1) is 13.3 Å². The van der Waals surface area contributed by atoms with Crippen molar-refractivity contribution < 1.29 is 9.53 Å². The lowest BCUT2D eigenvalue weighted by atomic mass is 9.99. The number of pyridine rings is 1. The Morgan fingerprint density at radius 2 is 1.93 bits per heavy atom. The average molecular weight is 369 g/mol. The van der Waals surface area contributed by atoms with E-state index in [0.717, 1.165) is 43.2 Å². The van der Waals surface area contributed by atoms with Gasteiger partial charge in [-0.3, -0.25) is 14.5 Å². The van der Waals surface area contributed by atoms with Crippen molar-refractivity contribution in [2.45, 2.75) is 32.9 Å². The number of hydrogen-bond acceptors (Lipinski definition) is 4. The van der Waals surface area contributed by atoms with Gasteiger partial charge in [-0.15, -0.1) is 0 Å². The molecule has 27 heavy (non-hydrogen) atoms. The van der Waals surface area contributed by atoms with Gasteiger partial charge in [0.2, 0.25) is 11.3 Å². The molecule has 0 saturated carbocycles. The number of anilines is 1. The Morgan fingerprint density at radius 1 is 1.22 bits per heavy atom. The van der Waals surface area contributed by atoms with E-state index >= 15 is 0 Å². The molecule has 0 spiro atoms. The highest BCUT2D eigenvalue weighted by Gasteiger charge is 2.18. The fourth-order valence-electron chi connectivity index (χ4n) is 3.36. The molecule has 1 N–H and O–H groups in total. The number of carbonyl (C=O) groups is 1. The Kier molecular flexibility index (Phi) is 6.29. The molecule has 1 amide bonds. The van der Waals surface area contributed by atoms with Crippen molar-refractivity contribution in [3.63, 3.8) is 0 Å². The molecule has 6 nitrogen and oxygen atoms in total. The summed E-state index contributed by atoms with van der Waals surface area (Å²) in [5, 5.41) is 2.89. The van der Waals surface area contributed by atoms with E-state index in [-0.39, 0.29) is 23.6 Å². The number of ether oxygens (including phenoxy) is 1. The molecule has 1 saturated heterocycles. The van der Waals surface area contributed by atoms with Gasteiger partial charge in [-0.1, -0.05) is 25.1 Å². The minimum Gasteiger partial charge on any atom is -0.491 e. The zero-order valence-electron chi connectivity index (χ0n) is 16.0. The van der Waals surface area contributed by atoms with Crippen LogP contribution in [0.25, 0.3) is 0 Å². The van der Waals surface area contributed by atoms with Crippen LogP contribution in [-0.2, 0) is 17.9 Å². The Morgan fingerprint density at radius 3 is 2.59 bits per heavy atom. The Hall–Kier alpha value is -2.60. The van der Waals surface area contributed by atoms with E-state index in [4.69, 9.17) is 4.74 Å². The molecular weight excluding hydrogens is 342 g/mol. The summed E-state index contributed by atoms with van der Waals surface area (Å²) in [5.41, 5.74) is 1.43. The highest BCUT2D eigenvalue weighted by atomic mass is 16.5. The van der Waals surface area contributed by atoms with Crippen LogP contribution in [0.5, 0.6) is 5.75 Å². The summed E-state index contributed by atoms with van der Waals surface area (Å²) in [5.74, 6) is 0.856. The van der Waals surface area contributed by atoms with Crippen molar-refractivity contribution in [2.24, 2.45) is 5.92 Å². The van der Waals surface area contributed by atoms with Gasteiger partial charge in [0.25, 0.3) is 0 Å². The molecule has 6 heteroatoms. The summed E-state index contributed by atoms with van der Waals surface area (Å²) >= 11 is 0. The van der Waals surface area contributed by atoms with Gasteiger partial charge < -0.3 is 14.6 Å². The van der Waals surface area contributed by atoms with Crippen LogP contribution < -0.4 is 15.5 Å². The summed E-state index contributed by atoms with van der Waals surface area (Å²) in [6.07, 6.45) is 3.96. The molecule has 0 unspecified atom stereocenters. The van der Waals surface area contributed by atoms with E-state index in [9.17, 15) is 9.59 Å². The molecule has 1 aromatic heterocycles. The van der Waals surface area contributed by atoms with Gasteiger partial charge in [-0.05, 0) is 44.0 Å². The lowest BCUT2D eigenvalue weighted by Gasteiger charge is -2.31. The molecular formula is C21H27N3O3. The highest BCUT2D eigenvalue weighted by molar-refractivity contribution is 5.90. The predicted molar refractivity (Wildman–Crippen MR) is 106 cm³/mol. The Bertz CT molecular complexity index is 824. The van der Waals surface area contributed by atoms with E-state index < -0.39 is 0 Å². The van der Waals surface area contributed by atoms with Crippen LogP contribution in [-0.4, -0.2) is 35.6 Å². The van der Waals surface area contributed by atoms with Crippen molar-refractivity contribution in [3.05, 3.63) is 58.5 Å². The Labute approximate surface area is 159 Å². The maximum absolute atomic E-state index is 12.5. The fraction of sp³-hybridized carbons (Fsp3) is 0.429. The topological polar surface area (TPSA) is 63.6 Å². The van der Waals surface area contributed by atoms with E-state index in [1.807, 2.05) is 34.9 Å². The first-order chi connectivity index (χ1) is 13.0. The second kappa shape index (κ2) is 8.86. The van der Waals surface area contributed by atoms with Crippen LogP contribution in [0.1, 0.15) is 25.5 Å². The number of likely N-dealkylation sites (tertiary alicyclic amines) is 1. The van der Waals surface area contributed by atoms with Crippen LogP contribution in [0.3, 0.4) is 0 Å². The van der Waals surface area contributed by atoms with Gasteiger partial charge in [-0.2, -0.15) is 0 Å². The van der Waals surface area contributed by atoms with E-state index in [1.54, 1.807) is 12.3 Å². The molecule has 0 aliphatic carbocycles. The SMILES string of the molecule is COc1cn(CC(=O)Nc2ccccc2)c(CN2CCC(C)CC2)cc1=O. The van der Waals surface area contributed by atoms with Gasteiger partial charge in [0.1, 0.15) is 6.54 Å². The molecule has 144 valence electrons. The summed E-state index contributed by atoms with van der Waals surface area (Å²) in [4.78, 5) is 27.1. The van der Waals surface area contributed by atoms with Crippen LogP contribution >= 0.6 is 0 Å². The first-order valence-electron chi connectivity index (χ1n) is 9.40. The zero-order chi connectivity index (χ0) is 19.2. The second-order valence-corrected chi connectivity index (χ2v) is 7.20. The standard InChI is InChI=1S/C21H27N3O3/c1-16-8-10-23(11-9-16)13-18-12-19(25)20(27-2)14-24(18)15-21(26)22-17-6-4-3-5-7-17/h3-7,12,14,16H,8-11,13,15H2,1-2H3,(H,22,26). The number of nitrogens with one attached hydrogen (secondary N) is 1. The molecule has 0 atom stereocenters. The van der Waals surface area contributed by atoms with Crippen molar-refractivity contribution in [2.75, 3.05) is 25.5 Å². The van der Waals surface area contributed by atoms with Crippen molar-refractivity contribution in [1.82, 2.24) is 9.47 Å². The summed E-state index contributed by atoms with van der Waals surface area (Å²) in [6, 6.07) is 10.9. The van der Waals surface area contributed by atoms with Crippen molar-refractivity contribution in [1.29, 1.82) is 0 Å². The molecule has 1 aromatic carbocycles. The van der Waals surface area contributed by atoms with Crippen molar-refractivity contribution >= 4 is 11.6 Å². The average Bonchev–Trinajstić information content (AvgIpc) is 2.66. The van der Waals surface area contributed by atoms with Crippen LogP contribution in [0.2, 0.25) is 0 Å². The van der Waals surface area contributed by atoms with Crippen LogP contribution in [0.4, 0.5) is 5.69 Å². The third kappa shape index (κ3) is 5.20. The van der Waals surface area contributed by atoms with Crippen LogP contribution in [0, 0.1) is 5.92 Å². The van der Waals surface area contributed by atoms with Gasteiger partial charge in [0.15, 0.2) is 5.75 Å². The van der Waals surface area contributed by atoms with Crippen molar-refractivity contribution in [3.8, 4) is 5.75 Å². The minimum absolute atomic E-state index is 0.130. The molecule has 2 aromatic rings. The van der Waals surface area contributed by atoms with Gasteiger partial charge >= 0.3 is 0 Å². The van der Waals surface area contributed by atoms with E-state index in [0.29, 0.717) is 6.54 Å². The highest BCUT2D eigenvalue weighted by Crippen LogP contribution is 2.18. The molecule has 0 bridgehead atoms. The second-order valence-electron chi connectivity index (χ2n) is 7.20. The molecule has 1 aliphatic heterocycles. The number of amides is 1. The third-order valence-electron chi connectivity index (χ3n) is 5.04. The number of hydrogen-bond donors (Lipinski definition) is 1. The fourth-order valence-corrected chi connectivity index (χ4v) is 3.36. The normalized spacial score (nSPS) is 15.5. The maximum Gasteiger partial charge on any atom is 0.244 e. The summed E-state index contributed by atoms with van der Waals surface area (Å²) in [6.45, 7) is 5.08. The largest absolute Gasteiger partial charge is 0.491 e. The zero-order valence-corrected chi connectivity index (χ0v) is 16.0. The first kappa shape index (κ1) is 19.2. The first-order valence-corrected chi connectivity index (χ1v) is 9.40. The lowest BCUT2D eigenvalue weighted by Crippen LogP contribution is -2.34. The monoisotopic (exact) mass is 369 g/mol. The number of carbonyl (C=O) groups excluding carboxylic acids is 1. The summed E-state index contributed by atoms with van der Waals surface area (Å²) < 4.78 is 6.98. The van der Waals surface area contributed by atoms with Gasteiger partial charge in [0, 0.05) is 24.0 Å². The maximum atomic E-state index is 12.5. The molecule has 2 heterocycles. The van der Waals surface area contributed by atoms with E-state index in [2.05, 4.69) is 17.1 Å². The number of piperidine rings is 1. The number of para-hydroxylation sites is 1. The molecule has 1 aliphatic rings. The lowest BCUT2D eigenvalue weighted by molar-refractivity contribution is -0.116. The number of aromatic nitrogens is 1. The Balaban J connectivity index is 1.77. The summed E-state index contributed by atoms with van der Waals surface area (Å²) in [7, 11) is 1.47.